The van der Waals surface area contributed by atoms with Crippen molar-refractivity contribution >= 4 is 13.1 Å². The average Bonchev–Trinajstić information content (AvgIpc) is 2.58. The van der Waals surface area contributed by atoms with E-state index in [4.69, 9.17) is 0 Å². The maximum Gasteiger partial charge on any atom is 0.393 e. The van der Waals surface area contributed by atoms with Gasteiger partial charge in [0.1, 0.15) is 0 Å². The number of hydrogen-bond acceptors (Lipinski definition) is 3. The number of rotatable bonds is 18. The maximum atomic E-state index is 11.4. The first kappa shape index (κ1) is 23.8. The predicted octanol–water partition coefficient (Wildman–Crippen LogP) is 6.61. The van der Waals surface area contributed by atoms with Crippen molar-refractivity contribution in [3.8, 4) is 0 Å². The second kappa shape index (κ2) is 16.3. The fourth-order valence-electron chi connectivity index (χ4n) is 2.89. The van der Waals surface area contributed by atoms with Crippen molar-refractivity contribution in [2.75, 3.05) is 7.11 Å². The molecule has 0 rings (SSSR count). The van der Waals surface area contributed by atoms with Crippen LogP contribution in [-0.4, -0.2) is 17.5 Å². The van der Waals surface area contributed by atoms with E-state index in [-0.39, 0.29) is 6.42 Å². The molecule has 0 fully saturated rings. The summed E-state index contributed by atoms with van der Waals surface area (Å²) in [6, 6.07) is 0. The standard InChI is InChI=1S/C19H39O4P/c1-3-4-5-6-7-8-9-10-11-12-13-14-15-16-17-18-19(20)24(21,22)23-2/h3-18H2,1-2H3,(H,21,22). The molecule has 4 nitrogen and oxygen atoms in total. The lowest BCUT2D eigenvalue weighted by Crippen LogP contribution is -2.00. The van der Waals surface area contributed by atoms with E-state index < -0.39 is 13.1 Å². The molecule has 0 radical (unpaired) electrons. The summed E-state index contributed by atoms with van der Waals surface area (Å²) in [6.45, 7) is 2.26. The topological polar surface area (TPSA) is 63.6 Å². The van der Waals surface area contributed by atoms with Gasteiger partial charge in [-0.05, 0) is 6.42 Å². The van der Waals surface area contributed by atoms with Crippen LogP contribution in [0.5, 0.6) is 0 Å². The van der Waals surface area contributed by atoms with Gasteiger partial charge in [0.15, 0.2) is 0 Å². The van der Waals surface area contributed by atoms with Gasteiger partial charge in [-0.1, -0.05) is 96.8 Å². The fraction of sp³-hybridized carbons (Fsp3) is 0.947. The zero-order valence-corrected chi connectivity index (χ0v) is 16.8. The molecule has 0 heterocycles. The zero-order valence-electron chi connectivity index (χ0n) is 15.9. The summed E-state index contributed by atoms with van der Waals surface area (Å²) in [5.41, 5.74) is -0.653. The molecule has 1 atom stereocenters. The first-order chi connectivity index (χ1) is 11.5. The summed E-state index contributed by atoms with van der Waals surface area (Å²) in [6.07, 6.45) is 19.1. The Kier molecular flexibility index (Phi) is 16.2. The number of carbonyl (C=O) groups excluding carboxylic acids is 1. The van der Waals surface area contributed by atoms with Gasteiger partial charge in [0, 0.05) is 13.5 Å². The average molecular weight is 362 g/mol. The number of unbranched alkanes of at least 4 members (excludes halogenated alkanes) is 14. The van der Waals surface area contributed by atoms with Gasteiger partial charge in [-0.2, -0.15) is 0 Å². The van der Waals surface area contributed by atoms with E-state index in [1.807, 2.05) is 0 Å². The van der Waals surface area contributed by atoms with Crippen molar-refractivity contribution in [2.45, 2.75) is 110 Å². The molecule has 5 heteroatoms. The summed E-state index contributed by atoms with van der Waals surface area (Å²) < 4.78 is 15.6. The Morgan fingerprint density at radius 3 is 1.42 bits per heavy atom. The summed E-state index contributed by atoms with van der Waals surface area (Å²) in [5, 5.41) is 0. The predicted molar refractivity (Wildman–Crippen MR) is 101 cm³/mol. The Bertz CT molecular complexity index is 344. The smallest absolute Gasteiger partial charge is 0.319 e. The van der Waals surface area contributed by atoms with Crippen molar-refractivity contribution in [1.29, 1.82) is 0 Å². The third-order valence-corrected chi connectivity index (χ3v) is 5.91. The normalized spacial score (nSPS) is 13.8. The minimum absolute atomic E-state index is 0.153. The van der Waals surface area contributed by atoms with Gasteiger partial charge < -0.3 is 9.42 Å². The number of hydrogen-bond donors (Lipinski definition) is 1. The van der Waals surface area contributed by atoms with Gasteiger partial charge in [0.2, 0.25) is 5.52 Å². The van der Waals surface area contributed by atoms with Crippen LogP contribution in [0.3, 0.4) is 0 Å². The Hall–Kier alpha value is -0.180. The van der Waals surface area contributed by atoms with Crippen LogP contribution in [0.4, 0.5) is 0 Å². The molecular formula is C19H39O4P. The van der Waals surface area contributed by atoms with E-state index >= 15 is 0 Å². The van der Waals surface area contributed by atoms with Crippen LogP contribution in [0, 0.1) is 0 Å². The van der Waals surface area contributed by atoms with Crippen molar-refractivity contribution < 1.29 is 18.8 Å². The summed E-state index contributed by atoms with van der Waals surface area (Å²) in [4.78, 5) is 20.6. The van der Waals surface area contributed by atoms with Gasteiger partial charge in [-0.15, -0.1) is 0 Å². The highest BCUT2D eigenvalue weighted by atomic mass is 31.2. The van der Waals surface area contributed by atoms with Crippen molar-refractivity contribution in [3.63, 3.8) is 0 Å². The van der Waals surface area contributed by atoms with Crippen LogP contribution >= 0.6 is 7.60 Å². The second-order valence-corrected chi connectivity index (χ2v) is 8.70. The van der Waals surface area contributed by atoms with Crippen LogP contribution in [0.15, 0.2) is 0 Å². The van der Waals surface area contributed by atoms with E-state index in [0.717, 1.165) is 20.0 Å². The van der Waals surface area contributed by atoms with Crippen LogP contribution in [0.25, 0.3) is 0 Å². The largest absolute Gasteiger partial charge is 0.393 e. The van der Waals surface area contributed by atoms with E-state index in [1.165, 1.54) is 77.0 Å². The first-order valence-electron chi connectivity index (χ1n) is 9.96. The highest BCUT2D eigenvalue weighted by Gasteiger charge is 2.27. The third kappa shape index (κ3) is 14.2. The molecule has 0 aromatic rings. The molecule has 1 unspecified atom stereocenters. The Balaban J connectivity index is 3.21. The van der Waals surface area contributed by atoms with Crippen molar-refractivity contribution in [1.82, 2.24) is 0 Å². The Labute approximate surface area is 149 Å². The van der Waals surface area contributed by atoms with E-state index in [2.05, 4.69) is 11.4 Å². The van der Waals surface area contributed by atoms with Crippen LogP contribution in [-0.2, 0) is 13.9 Å². The quantitative estimate of drug-likeness (QED) is 0.220. The van der Waals surface area contributed by atoms with Gasteiger partial charge in [0.05, 0.1) is 0 Å². The Morgan fingerprint density at radius 2 is 1.08 bits per heavy atom. The van der Waals surface area contributed by atoms with Gasteiger partial charge in [0.25, 0.3) is 0 Å². The summed E-state index contributed by atoms with van der Waals surface area (Å²) in [7, 11) is -2.89. The second-order valence-electron chi connectivity index (χ2n) is 6.80. The van der Waals surface area contributed by atoms with Crippen LogP contribution < -0.4 is 0 Å². The lowest BCUT2D eigenvalue weighted by molar-refractivity contribution is -0.113. The molecule has 0 amide bonds. The highest BCUT2D eigenvalue weighted by Crippen LogP contribution is 2.43. The molecule has 0 aromatic heterocycles. The van der Waals surface area contributed by atoms with Gasteiger partial charge in [-0.25, -0.2) is 0 Å². The SMILES string of the molecule is CCCCCCCCCCCCCCCCCC(=O)P(=O)(O)OC. The van der Waals surface area contributed by atoms with E-state index in [1.54, 1.807) is 0 Å². The van der Waals surface area contributed by atoms with Gasteiger partial charge in [-0.3, -0.25) is 9.36 Å². The maximum absolute atomic E-state index is 11.4. The molecule has 0 spiro atoms. The lowest BCUT2D eigenvalue weighted by atomic mass is 10.0. The highest BCUT2D eigenvalue weighted by molar-refractivity contribution is 7.70. The minimum atomic E-state index is -3.99. The fourth-order valence-corrected chi connectivity index (χ4v) is 3.53. The molecule has 0 aliphatic carbocycles. The Morgan fingerprint density at radius 1 is 0.750 bits per heavy atom. The number of carbonyl (C=O) groups is 1. The zero-order chi connectivity index (χ0) is 18.1. The third-order valence-electron chi connectivity index (χ3n) is 4.56. The molecule has 0 bridgehead atoms. The summed E-state index contributed by atoms with van der Waals surface area (Å²) >= 11 is 0. The van der Waals surface area contributed by atoms with Gasteiger partial charge >= 0.3 is 7.60 Å². The minimum Gasteiger partial charge on any atom is -0.319 e. The van der Waals surface area contributed by atoms with Crippen LogP contribution in [0.1, 0.15) is 110 Å². The van der Waals surface area contributed by atoms with Crippen LogP contribution in [0.2, 0.25) is 0 Å². The summed E-state index contributed by atoms with van der Waals surface area (Å²) in [5.74, 6) is 0. The lowest BCUT2D eigenvalue weighted by Gasteiger charge is -2.07. The van der Waals surface area contributed by atoms with Crippen molar-refractivity contribution in [2.24, 2.45) is 0 Å². The molecule has 24 heavy (non-hydrogen) atoms. The molecule has 0 aromatic carbocycles. The first-order valence-corrected chi connectivity index (χ1v) is 11.5. The monoisotopic (exact) mass is 362 g/mol. The van der Waals surface area contributed by atoms with E-state index in [9.17, 15) is 14.3 Å². The molecule has 0 saturated heterocycles. The van der Waals surface area contributed by atoms with Crippen molar-refractivity contribution in [3.05, 3.63) is 0 Å². The molecule has 0 saturated carbocycles. The molecular weight excluding hydrogens is 323 g/mol. The molecule has 144 valence electrons. The molecule has 0 aliphatic rings. The molecule has 1 N–H and O–H groups in total. The van der Waals surface area contributed by atoms with E-state index in [0.29, 0.717) is 6.42 Å². The molecule has 0 aliphatic heterocycles.